The monoisotopic (exact) mass is 231 g/mol. The zero-order valence-electron chi connectivity index (χ0n) is 11.3. The molecule has 1 unspecified atom stereocenters. The van der Waals surface area contributed by atoms with Gasteiger partial charge in [-0.25, -0.2) is 0 Å². The number of methoxy groups -OCH3 is 1. The molecule has 0 aliphatic rings. The highest BCUT2D eigenvalue weighted by atomic mass is 16.5. The van der Waals surface area contributed by atoms with Crippen LogP contribution < -0.4 is 5.32 Å². The molecule has 0 bridgehead atoms. The van der Waals surface area contributed by atoms with Gasteiger partial charge in [0.15, 0.2) is 0 Å². The molecule has 0 saturated heterocycles. The van der Waals surface area contributed by atoms with E-state index in [0.29, 0.717) is 6.61 Å². The van der Waals surface area contributed by atoms with Gasteiger partial charge in [0.25, 0.3) is 0 Å². The van der Waals surface area contributed by atoms with E-state index in [0.717, 1.165) is 32.2 Å². The molecule has 0 aromatic heterocycles. The first-order chi connectivity index (χ1) is 7.81. The van der Waals surface area contributed by atoms with Crippen molar-refractivity contribution in [1.29, 1.82) is 0 Å². The second-order valence-electron chi connectivity index (χ2n) is 4.41. The number of rotatable bonds is 12. The highest BCUT2D eigenvalue weighted by molar-refractivity contribution is 4.57. The Kier molecular flexibility index (Phi) is 12.9. The minimum atomic E-state index is 0.706. The van der Waals surface area contributed by atoms with Crippen molar-refractivity contribution >= 4 is 0 Å². The van der Waals surface area contributed by atoms with Gasteiger partial charge in [0.2, 0.25) is 0 Å². The fourth-order valence-corrected chi connectivity index (χ4v) is 1.57. The van der Waals surface area contributed by atoms with Crippen molar-refractivity contribution < 1.29 is 9.47 Å². The number of nitrogens with one attached hydrogen (secondary N) is 1. The molecule has 0 heterocycles. The Balaban J connectivity index is 3.06. The van der Waals surface area contributed by atoms with Crippen LogP contribution in [0.2, 0.25) is 0 Å². The summed E-state index contributed by atoms with van der Waals surface area (Å²) in [5.41, 5.74) is 0. The Labute approximate surface area is 101 Å². The molecule has 98 valence electrons. The van der Waals surface area contributed by atoms with Crippen LogP contribution in [-0.4, -0.2) is 40.0 Å². The smallest absolute Gasteiger partial charge is 0.0700 e. The third-order valence-corrected chi connectivity index (χ3v) is 2.59. The first-order valence-corrected chi connectivity index (χ1v) is 6.58. The van der Waals surface area contributed by atoms with Crippen LogP contribution in [0.25, 0.3) is 0 Å². The summed E-state index contributed by atoms with van der Waals surface area (Å²) in [6.45, 7) is 9.12. The van der Waals surface area contributed by atoms with Crippen LogP contribution in [-0.2, 0) is 9.47 Å². The van der Waals surface area contributed by atoms with Gasteiger partial charge in [-0.05, 0) is 38.3 Å². The highest BCUT2D eigenvalue weighted by Gasteiger charge is 2.00. The van der Waals surface area contributed by atoms with E-state index >= 15 is 0 Å². The Morgan fingerprint density at radius 1 is 1.12 bits per heavy atom. The third-order valence-electron chi connectivity index (χ3n) is 2.59. The van der Waals surface area contributed by atoms with E-state index in [1.807, 2.05) is 0 Å². The lowest BCUT2D eigenvalue weighted by Gasteiger charge is -2.11. The standard InChI is InChI=1S/C13H29NO2/c1-4-8-14-12-13(2)7-5-6-9-16-11-10-15-3/h13-14H,4-12H2,1-3H3. The maximum absolute atomic E-state index is 5.41. The Hall–Kier alpha value is -0.120. The minimum Gasteiger partial charge on any atom is -0.382 e. The van der Waals surface area contributed by atoms with E-state index in [4.69, 9.17) is 9.47 Å². The van der Waals surface area contributed by atoms with Crippen molar-refractivity contribution in [2.24, 2.45) is 5.92 Å². The largest absolute Gasteiger partial charge is 0.382 e. The second-order valence-corrected chi connectivity index (χ2v) is 4.41. The van der Waals surface area contributed by atoms with E-state index in [1.165, 1.54) is 25.7 Å². The van der Waals surface area contributed by atoms with Gasteiger partial charge in [-0.2, -0.15) is 0 Å². The molecule has 0 aromatic carbocycles. The average molecular weight is 231 g/mol. The molecule has 0 rings (SSSR count). The lowest BCUT2D eigenvalue weighted by molar-refractivity contribution is 0.0682. The molecule has 0 radical (unpaired) electrons. The van der Waals surface area contributed by atoms with Crippen molar-refractivity contribution in [3.63, 3.8) is 0 Å². The SMILES string of the molecule is CCCNCC(C)CCCCOCCOC. The molecule has 0 amide bonds. The topological polar surface area (TPSA) is 30.5 Å². The molecule has 3 heteroatoms. The molecule has 0 aromatic rings. The Morgan fingerprint density at radius 3 is 2.62 bits per heavy atom. The fraction of sp³-hybridized carbons (Fsp3) is 1.00. The lowest BCUT2D eigenvalue weighted by atomic mass is 10.0. The van der Waals surface area contributed by atoms with Crippen LogP contribution in [0.1, 0.15) is 39.5 Å². The van der Waals surface area contributed by atoms with Gasteiger partial charge in [-0.15, -0.1) is 0 Å². The maximum atomic E-state index is 5.41. The molecule has 1 N–H and O–H groups in total. The van der Waals surface area contributed by atoms with E-state index in [2.05, 4.69) is 19.2 Å². The first-order valence-electron chi connectivity index (χ1n) is 6.58. The van der Waals surface area contributed by atoms with Crippen LogP contribution >= 0.6 is 0 Å². The lowest BCUT2D eigenvalue weighted by Crippen LogP contribution is -2.21. The zero-order chi connectivity index (χ0) is 12.1. The second kappa shape index (κ2) is 12.9. The summed E-state index contributed by atoms with van der Waals surface area (Å²) in [6, 6.07) is 0. The van der Waals surface area contributed by atoms with Crippen LogP contribution in [0.5, 0.6) is 0 Å². The van der Waals surface area contributed by atoms with Crippen molar-refractivity contribution in [3.8, 4) is 0 Å². The summed E-state index contributed by atoms with van der Waals surface area (Å²) in [5, 5.41) is 3.46. The van der Waals surface area contributed by atoms with Gasteiger partial charge >= 0.3 is 0 Å². The van der Waals surface area contributed by atoms with Crippen LogP contribution in [0.3, 0.4) is 0 Å². The molecule has 0 spiro atoms. The molecular weight excluding hydrogens is 202 g/mol. The van der Waals surface area contributed by atoms with Crippen LogP contribution in [0, 0.1) is 5.92 Å². The van der Waals surface area contributed by atoms with Crippen molar-refractivity contribution in [3.05, 3.63) is 0 Å². The van der Waals surface area contributed by atoms with Gasteiger partial charge in [0.05, 0.1) is 13.2 Å². The van der Waals surface area contributed by atoms with Gasteiger partial charge in [-0.3, -0.25) is 0 Å². The average Bonchev–Trinajstić information content (AvgIpc) is 2.28. The number of hydrogen-bond donors (Lipinski definition) is 1. The summed E-state index contributed by atoms with van der Waals surface area (Å²) in [7, 11) is 1.70. The quantitative estimate of drug-likeness (QED) is 0.523. The Morgan fingerprint density at radius 2 is 1.94 bits per heavy atom. The Bertz CT molecular complexity index is 131. The molecule has 0 saturated carbocycles. The molecule has 1 atom stereocenters. The van der Waals surface area contributed by atoms with E-state index in [1.54, 1.807) is 7.11 Å². The molecule has 3 nitrogen and oxygen atoms in total. The van der Waals surface area contributed by atoms with Crippen LogP contribution in [0.15, 0.2) is 0 Å². The summed E-state index contributed by atoms with van der Waals surface area (Å²) >= 11 is 0. The normalized spacial score (nSPS) is 12.9. The van der Waals surface area contributed by atoms with Crippen molar-refractivity contribution in [2.45, 2.75) is 39.5 Å². The summed E-state index contributed by atoms with van der Waals surface area (Å²) < 4.78 is 10.3. The first kappa shape index (κ1) is 15.9. The van der Waals surface area contributed by atoms with Crippen molar-refractivity contribution in [1.82, 2.24) is 5.32 Å². The summed E-state index contributed by atoms with van der Waals surface area (Å²) in [4.78, 5) is 0. The van der Waals surface area contributed by atoms with E-state index < -0.39 is 0 Å². The van der Waals surface area contributed by atoms with E-state index in [-0.39, 0.29) is 0 Å². The van der Waals surface area contributed by atoms with E-state index in [9.17, 15) is 0 Å². The van der Waals surface area contributed by atoms with Crippen molar-refractivity contribution in [2.75, 3.05) is 40.0 Å². The minimum absolute atomic E-state index is 0.706. The number of unbranched alkanes of at least 4 members (excludes halogenated alkanes) is 1. The molecule has 0 aliphatic heterocycles. The highest BCUT2D eigenvalue weighted by Crippen LogP contribution is 2.06. The van der Waals surface area contributed by atoms with Crippen LogP contribution in [0.4, 0.5) is 0 Å². The van der Waals surface area contributed by atoms with Gasteiger partial charge in [-0.1, -0.05) is 20.3 Å². The molecule has 16 heavy (non-hydrogen) atoms. The zero-order valence-corrected chi connectivity index (χ0v) is 11.3. The predicted molar refractivity (Wildman–Crippen MR) is 68.9 cm³/mol. The predicted octanol–water partition coefficient (Wildman–Crippen LogP) is 2.46. The maximum Gasteiger partial charge on any atom is 0.0700 e. The number of ether oxygens (including phenoxy) is 2. The fourth-order valence-electron chi connectivity index (χ4n) is 1.57. The molecule has 0 fully saturated rings. The van der Waals surface area contributed by atoms with Gasteiger partial charge in [0, 0.05) is 13.7 Å². The third kappa shape index (κ3) is 12.0. The summed E-state index contributed by atoms with van der Waals surface area (Å²) in [5.74, 6) is 0.783. The van der Waals surface area contributed by atoms with Gasteiger partial charge in [0.1, 0.15) is 0 Å². The number of hydrogen-bond acceptors (Lipinski definition) is 3. The van der Waals surface area contributed by atoms with Gasteiger partial charge < -0.3 is 14.8 Å². The molecular formula is C13H29NO2. The summed E-state index contributed by atoms with van der Waals surface area (Å²) in [6.07, 6.45) is 4.95. The molecule has 0 aliphatic carbocycles.